The number of nitrogens with zero attached hydrogens (tertiary/aromatic N) is 3. The Labute approximate surface area is 349 Å². The monoisotopic (exact) mass is 896 g/mol. The fourth-order valence-electron chi connectivity index (χ4n) is 8.16. The number of hydroxylamine groups is 2. The van der Waals surface area contributed by atoms with Crippen LogP contribution in [0.4, 0.5) is 11.4 Å². The van der Waals surface area contributed by atoms with Gasteiger partial charge in [0.25, 0.3) is 42.2 Å². The van der Waals surface area contributed by atoms with Crippen LogP contribution in [-0.2, 0) is 65.1 Å². The number of carbonyl (C=O) groups excluding carboxylic acids is 3. The van der Waals surface area contributed by atoms with Gasteiger partial charge in [-0.05, 0) is 87.9 Å². The number of amides is 2. The van der Waals surface area contributed by atoms with Gasteiger partial charge in [-0.1, -0.05) is 12.5 Å². The average molecular weight is 897 g/mol. The normalized spacial score (nSPS) is 21.5. The van der Waals surface area contributed by atoms with E-state index in [9.17, 15) is 58.4 Å². The molecule has 1 fully saturated rings. The second-order valence-corrected chi connectivity index (χ2v) is 19.7. The van der Waals surface area contributed by atoms with Crippen LogP contribution in [0.5, 0.6) is 0 Å². The molecule has 2 aromatic carbocycles. The molecule has 4 N–H and O–H groups in total. The smallest absolute Gasteiger partial charge is 0.333 e. The zero-order valence-corrected chi connectivity index (χ0v) is 35.9. The van der Waals surface area contributed by atoms with Crippen LogP contribution in [0.3, 0.4) is 0 Å². The maximum Gasteiger partial charge on any atom is 0.333 e. The van der Waals surface area contributed by atoms with Crippen molar-refractivity contribution in [3.63, 3.8) is 0 Å². The number of aliphatic hydroxyl groups excluding tert-OH is 1. The minimum Gasteiger partial charge on any atom is -0.390 e. The first-order valence-electron chi connectivity index (χ1n) is 19.2. The zero-order chi connectivity index (χ0) is 44.3. The fourth-order valence-corrected chi connectivity index (χ4v) is 9.68. The number of hydrogen-bond donors (Lipinski definition) is 4. The Morgan fingerprint density at radius 1 is 0.850 bits per heavy atom. The third-order valence-electron chi connectivity index (χ3n) is 11.2. The molecule has 5 rings (SSSR count). The highest BCUT2D eigenvalue weighted by molar-refractivity contribution is 7.86. The Hall–Kier alpha value is -4.35. The minimum atomic E-state index is -4.64. The Bertz CT molecular complexity index is 2450. The third kappa shape index (κ3) is 10.2. The van der Waals surface area contributed by atoms with Gasteiger partial charge in [0.1, 0.15) is 6.61 Å². The number of hydrogen-bond acceptors (Lipinski definition) is 13. The molecule has 2 atom stereocenters. The van der Waals surface area contributed by atoms with Crippen LogP contribution in [0.25, 0.3) is 0 Å². The minimum absolute atomic E-state index is 0.0222. The molecule has 21 heteroatoms. The molecule has 60 heavy (non-hydrogen) atoms. The average Bonchev–Trinajstić information content (AvgIpc) is 3.69. The van der Waals surface area contributed by atoms with Crippen LogP contribution < -0.4 is 4.90 Å². The highest BCUT2D eigenvalue weighted by Crippen LogP contribution is 2.51. The van der Waals surface area contributed by atoms with Gasteiger partial charge in [-0.3, -0.25) is 23.2 Å². The Morgan fingerprint density at radius 2 is 1.48 bits per heavy atom. The molecule has 0 aromatic heterocycles. The maximum atomic E-state index is 12.4. The molecule has 3 aliphatic heterocycles. The van der Waals surface area contributed by atoms with Gasteiger partial charge in [0.2, 0.25) is 5.69 Å². The van der Waals surface area contributed by atoms with Crippen LogP contribution in [0.1, 0.15) is 82.8 Å². The largest absolute Gasteiger partial charge is 0.390 e. The number of carbonyl (C=O) groups is 3. The lowest BCUT2D eigenvalue weighted by Gasteiger charge is -2.30. The quantitative estimate of drug-likeness (QED) is 0.0640. The summed E-state index contributed by atoms with van der Waals surface area (Å²) in [6, 6.07) is 8.32. The van der Waals surface area contributed by atoms with Gasteiger partial charge in [0, 0.05) is 74.0 Å². The number of methoxy groups -OCH3 is 1. The molecule has 3 aliphatic rings. The second-order valence-electron chi connectivity index (χ2n) is 15.3. The van der Waals surface area contributed by atoms with Crippen molar-refractivity contribution in [1.82, 2.24) is 5.06 Å². The van der Waals surface area contributed by atoms with E-state index < -0.39 is 64.7 Å². The summed E-state index contributed by atoms with van der Waals surface area (Å²) >= 11 is 0. The van der Waals surface area contributed by atoms with Gasteiger partial charge in [-0.15, -0.1) is 5.06 Å². The van der Waals surface area contributed by atoms with E-state index in [-0.39, 0.29) is 61.7 Å². The molecule has 0 aliphatic carbocycles. The number of β-amino-alcohol motifs (C(OH)–C–C–N with tert-alkyl or cyclic N) is 1. The lowest BCUT2D eigenvalue weighted by Crippen LogP contribution is -2.33. The van der Waals surface area contributed by atoms with Crippen molar-refractivity contribution in [2.24, 2.45) is 0 Å². The molecule has 328 valence electrons. The Balaban J connectivity index is 1.53. The third-order valence-corrected chi connectivity index (χ3v) is 13.7. The van der Waals surface area contributed by atoms with Crippen LogP contribution in [0.2, 0.25) is 0 Å². The predicted octanol–water partition coefficient (Wildman–Crippen LogP) is 3.62. The van der Waals surface area contributed by atoms with E-state index in [0.29, 0.717) is 71.2 Å². The van der Waals surface area contributed by atoms with Crippen LogP contribution in [-0.4, -0.2) is 116 Å². The first-order valence-corrected chi connectivity index (χ1v) is 23.7. The van der Waals surface area contributed by atoms with Gasteiger partial charge < -0.3 is 19.6 Å². The Morgan fingerprint density at radius 3 is 2.08 bits per heavy atom. The van der Waals surface area contributed by atoms with Crippen molar-refractivity contribution in [2.75, 3.05) is 44.1 Å². The summed E-state index contributed by atoms with van der Waals surface area (Å²) in [5.41, 5.74) is 1.46. The number of benzene rings is 2. The molecular formula is C39H50N3O15S3+. The Kier molecular flexibility index (Phi) is 14.3. The van der Waals surface area contributed by atoms with Crippen molar-refractivity contribution in [3.8, 4) is 0 Å². The van der Waals surface area contributed by atoms with E-state index in [1.165, 1.54) is 37.4 Å². The number of anilines is 1. The van der Waals surface area contributed by atoms with Crippen molar-refractivity contribution in [1.29, 1.82) is 0 Å². The van der Waals surface area contributed by atoms with Gasteiger partial charge in [0.05, 0.1) is 21.0 Å². The fraction of sp³-hybridized carbons (Fsp3) is 0.487. The number of rotatable bonds is 20. The number of aliphatic hydroxyl groups is 1. The summed E-state index contributed by atoms with van der Waals surface area (Å²) in [6.45, 7) is 4.04. The van der Waals surface area contributed by atoms with E-state index in [2.05, 4.69) is 0 Å². The number of fused-ring (bicyclic) bond motifs is 2. The molecule has 18 nitrogen and oxygen atoms in total. The van der Waals surface area contributed by atoms with Crippen LogP contribution >= 0.6 is 0 Å². The molecule has 2 aromatic rings. The number of unbranched alkanes of at least 4 members (excludes halogenated alkanes) is 2. The van der Waals surface area contributed by atoms with Crippen LogP contribution in [0.15, 0.2) is 70.1 Å². The van der Waals surface area contributed by atoms with Crippen molar-refractivity contribution in [3.05, 3.63) is 71.5 Å². The molecule has 2 amide bonds. The van der Waals surface area contributed by atoms with Gasteiger partial charge in [-0.25, -0.2) is 4.79 Å². The molecule has 0 saturated carbocycles. The lowest BCUT2D eigenvalue weighted by atomic mass is 9.75. The zero-order valence-electron chi connectivity index (χ0n) is 33.4. The molecule has 0 spiro atoms. The maximum absolute atomic E-state index is 12.4. The van der Waals surface area contributed by atoms with Crippen LogP contribution in [0, 0.1) is 0 Å². The van der Waals surface area contributed by atoms with E-state index in [4.69, 9.17) is 9.57 Å². The van der Waals surface area contributed by atoms with E-state index >= 15 is 0 Å². The van der Waals surface area contributed by atoms with Crippen molar-refractivity contribution < 1.29 is 72.6 Å². The van der Waals surface area contributed by atoms with E-state index in [1.54, 1.807) is 29.7 Å². The topological polar surface area (TPSA) is 262 Å². The van der Waals surface area contributed by atoms with E-state index in [0.717, 1.165) is 0 Å². The molecular weight excluding hydrogens is 847 g/mol. The molecule has 3 heterocycles. The number of allylic oxidation sites excluding steroid dienone is 4. The first kappa shape index (κ1) is 46.7. The summed E-state index contributed by atoms with van der Waals surface area (Å²) in [4.78, 5) is 42.4. The summed E-state index contributed by atoms with van der Waals surface area (Å²) in [7, 11) is -12.1. The summed E-state index contributed by atoms with van der Waals surface area (Å²) in [5, 5.41) is 10.6. The highest BCUT2D eigenvalue weighted by Gasteiger charge is 2.48. The number of imide groups is 1. The second kappa shape index (κ2) is 18.3. The molecule has 1 saturated heterocycles. The summed E-state index contributed by atoms with van der Waals surface area (Å²) in [6.07, 6.45) is 7.04. The molecule has 0 bridgehead atoms. The lowest BCUT2D eigenvalue weighted by molar-refractivity contribution is -0.441. The summed E-state index contributed by atoms with van der Waals surface area (Å²) < 4.78 is 109. The van der Waals surface area contributed by atoms with E-state index in [1.807, 2.05) is 17.9 Å². The number of ether oxygens (including phenoxy) is 1. The SMILES string of the molecule is COCCC1(C)C(=CC=CC2=[N+](CCO)c3ccc(S(=O)(=O)O)cc3C2(C)CCCS(=O)(=O)O)N(CCCCCC(=O)ON2C(=O)CCC2=O)c2ccc(S(=O)(=O)O)cc21. The van der Waals surface area contributed by atoms with Gasteiger partial charge >= 0.3 is 5.97 Å². The van der Waals surface area contributed by atoms with Gasteiger partial charge in [-0.2, -0.15) is 29.8 Å². The van der Waals surface area contributed by atoms with Crippen molar-refractivity contribution in [2.45, 2.75) is 92.3 Å². The van der Waals surface area contributed by atoms with Crippen molar-refractivity contribution >= 4 is 65.2 Å². The van der Waals surface area contributed by atoms with Gasteiger partial charge in [0.15, 0.2) is 12.3 Å². The first-order chi connectivity index (χ1) is 28.0. The predicted molar refractivity (Wildman–Crippen MR) is 216 cm³/mol. The molecule has 0 radical (unpaired) electrons. The molecule has 2 unspecified atom stereocenters. The standard InChI is InChI=1S/C39H49N3O15S3/c1-38(18-8-24-58(47,48)49)29-25-27(59(50,51)52)13-15-32(29)41(21-22-43)33(38)9-7-10-34-39(2,19-23-56-3)30-26-28(60(53,54)55)12-14-31(30)40(34)20-6-4-5-11-37(46)57-42-35(44)16-17-36(42)45/h7,9-10,12-15,25-26,43H,4-6,8,11,16-24H2,1-3H3,(H2-,47,48,49,50,51,52,53,54,55)/p+1. The summed E-state index contributed by atoms with van der Waals surface area (Å²) in [5.74, 6) is -2.45. The highest BCUT2D eigenvalue weighted by atomic mass is 32.2.